The lowest BCUT2D eigenvalue weighted by atomic mass is 10.00. The molecular weight excluding hydrogens is 386 g/mol. The van der Waals surface area contributed by atoms with E-state index in [1.165, 1.54) is 5.56 Å². The van der Waals surface area contributed by atoms with E-state index in [1.54, 1.807) is 6.08 Å². The largest absolute Gasteiger partial charge is 0.477 e. The summed E-state index contributed by atoms with van der Waals surface area (Å²) in [5, 5.41) is 0. The minimum absolute atomic E-state index is 0.0639. The first-order valence-corrected chi connectivity index (χ1v) is 10.7. The molecule has 3 aromatic rings. The van der Waals surface area contributed by atoms with Crippen LogP contribution in [0.5, 0.6) is 11.5 Å². The zero-order chi connectivity index (χ0) is 21.2. The predicted octanol–water partition coefficient (Wildman–Crippen LogP) is 5.40. The van der Waals surface area contributed by atoms with Gasteiger partial charge in [-0.3, -0.25) is 9.69 Å². The van der Waals surface area contributed by atoms with Crippen molar-refractivity contribution in [1.82, 2.24) is 4.90 Å². The van der Waals surface area contributed by atoms with Gasteiger partial charge in [-0.1, -0.05) is 60.7 Å². The van der Waals surface area contributed by atoms with Crippen LogP contribution < -0.4 is 9.47 Å². The zero-order valence-electron chi connectivity index (χ0n) is 17.6. The molecule has 0 amide bonds. The minimum Gasteiger partial charge on any atom is -0.477 e. The summed E-state index contributed by atoms with van der Waals surface area (Å²) in [6.07, 6.45) is 3.92. The van der Waals surface area contributed by atoms with E-state index in [2.05, 4.69) is 29.2 Å². The SMILES string of the molecule is Cc1c2c(cc3c1O/C(=C\c1ccccc1)C3=O)CN(CCCc1ccccc1)CO2. The van der Waals surface area contributed by atoms with Gasteiger partial charge in [0.25, 0.3) is 0 Å². The zero-order valence-corrected chi connectivity index (χ0v) is 17.6. The van der Waals surface area contributed by atoms with Gasteiger partial charge >= 0.3 is 0 Å². The molecule has 4 heteroatoms. The summed E-state index contributed by atoms with van der Waals surface area (Å²) in [5.74, 6) is 1.78. The molecule has 0 aromatic heterocycles. The van der Waals surface area contributed by atoms with E-state index in [0.717, 1.165) is 48.4 Å². The van der Waals surface area contributed by atoms with E-state index < -0.39 is 0 Å². The van der Waals surface area contributed by atoms with Crippen LogP contribution >= 0.6 is 0 Å². The highest BCUT2D eigenvalue weighted by Gasteiger charge is 2.33. The fourth-order valence-corrected chi connectivity index (χ4v) is 4.29. The second kappa shape index (κ2) is 8.40. The second-order valence-electron chi connectivity index (χ2n) is 8.13. The topological polar surface area (TPSA) is 38.8 Å². The Balaban J connectivity index is 1.32. The Morgan fingerprint density at radius 1 is 1.00 bits per heavy atom. The van der Waals surface area contributed by atoms with Gasteiger partial charge in [-0.25, -0.2) is 0 Å². The van der Waals surface area contributed by atoms with E-state index in [-0.39, 0.29) is 5.78 Å². The Bertz CT molecular complexity index is 1140. The minimum atomic E-state index is -0.0639. The number of fused-ring (bicyclic) bond motifs is 2. The summed E-state index contributed by atoms with van der Waals surface area (Å²) in [5.41, 5.74) is 4.89. The fourth-order valence-electron chi connectivity index (χ4n) is 4.29. The smallest absolute Gasteiger partial charge is 0.231 e. The van der Waals surface area contributed by atoms with Crippen molar-refractivity contribution in [3.05, 3.63) is 100 Å². The van der Waals surface area contributed by atoms with Gasteiger partial charge in [-0.15, -0.1) is 0 Å². The molecular formula is C27H25NO3. The lowest BCUT2D eigenvalue weighted by Gasteiger charge is -2.30. The average molecular weight is 412 g/mol. The number of ketones is 1. The van der Waals surface area contributed by atoms with E-state index in [4.69, 9.17) is 9.47 Å². The van der Waals surface area contributed by atoms with Crippen molar-refractivity contribution in [3.8, 4) is 11.5 Å². The fraction of sp³-hybridized carbons (Fsp3) is 0.222. The summed E-state index contributed by atoms with van der Waals surface area (Å²) in [6.45, 7) is 4.26. The van der Waals surface area contributed by atoms with Crippen molar-refractivity contribution in [2.45, 2.75) is 26.3 Å². The molecule has 0 atom stereocenters. The molecule has 2 heterocycles. The van der Waals surface area contributed by atoms with Crippen molar-refractivity contribution in [2.24, 2.45) is 0 Å². The van der Waals surface area contributed by atoms with Gasteiger partial charge < -0.3 is 9.47 Å². The maximum atomic E-state index is 13.0. The highest BCUT2D eigenvalue weighted by atomic mass is 16.5. The Hall–Kier alpha value is -3.37. The summed E-state index contributed by atoms with van der Waals surface area (Å²) < 4.78 is 12.1. The van der Waals surface area contributed by atoms with E-state index in [1.807, 2.05) is 49.4 Å². The second-order valence-corrected chi connectivity index (χ2v) is 8.13. The van der Waals surface area contributed by atoms with Crippen molar-refractivity contribution in [2.75, 3.05) is 13.3 Å². The van der Waals surface area contributed by atoms with Crippen LogP contribution in [-0.4, -0.2) is 24.0 Å². The number of aryl methyl sites for hydroxylation is 1. The Morgan fingerprint density at radius 2 is 1.74 bits per heavy atom. The first-order chi connectivity index (χ1) is 15.2. The Labute approximate surface area is 182 Å². The molecule has 0 saturated heterocycles. The molecule has 2 aliphatic heterocycles. The molecule has 0 bridgehead atoms. The summed E-state index contributed by atoms with van der Waals surface area (Å²) in [4.78, 5) is 15.3. The number of hydrogen-bond acceptors (Lipinski definition) is 4. The number of carbonyl (C=O) groups excluding carboxylic acids is 1. The van der Waals surface area contributed by atoms with Crippen LogP contribution in [0.4, 0.5) is 0 Å². The molecule has 3 aromatic carbocycles. The van der Waals surface area contributed by atoms with Gasteiger partial charge in [-0.2, -0.15) is 0 Å². The molecule has 5 rings (SSSR count). The number of hydrogen-bond donors (Lipinski definition) is 0. The molecule has 0 spiro atoms. The maximum absolute atomic E-state index is 13.0. The molecule has 2 aliphatic rings. The van der Waals surface area contributed by atoms with Gasteiger partial charge in [0.1, 0.15) is 18.2 Å². The molecule has 0 radical (unpaired) electrons. The lowest BCUT2D eigenvalue weighted by Crippen LogP contribution is -2.33. The normalized spacial score (nSPS) is 16.5. The van der Waals surface area contributed by atoms with Gasteiger partial charge in [0.2, 0.25) is 5.78 Å². The summed E-state index contributed by atoms with van der Waals surface area (Å²) in [7, 11) is 0. The van der Waals surface area contributed by atoms with Crippen LogP contribution in [0.25, 0.3) is 6.08 Å². The number of benzene rings is 3. The number of rotatable bonds is 5. The lowest BCUT2D eigenvalue weighted by molar-refractivity contribution is 0.0932. The third-order valence-electron chi connectivity index (χ3n) is 5.88. The van der Waals surface area contributed by atoms with Crippen LogP contribution in [0.1, 0.15) is 39.0 Å². The highest BCUT2D eigenvalue weighted by Crippen LogP contribution is 2.43. The molecule has 0 saturated carbocycles. The van der Waals surface area contributed by atoms with E-state index in [9.17, 15) is 4.79 Å². The molecule has 0 aliphatic carbocycles. The molecule has 4 nitrogen and oxygen atoms in total. The van der Waals surface area contributed by atoms with E-state index >= 15 is 0 Å². The van der Waals surface area contributed by atoms with Crippen molar-refractivity contribution in [1.29, 1.82) is 0 Å². The molecule has 0 N–H and O–H groups in total. The van der Waals surface area contributed by atoms with Crippen LogP contribution in [-0.2, 0) is 13.0 Å². The third-order valence-corrected chi connectivity index (χ3v) is 5.88. The van der Waals surface area contributed by atoms with Gasteiger partial charge in [0.15, 0.2) is 5.76 Å². The number of allylic oxidation sites excluding steroid dienone is 1. The van der Waals surface area contributed by atoms with Gasteiger partial charge in [-0.05, 0) is 43.0 Å². The maximum Gasteiger partial charge on any atom is 0.231 e. The number of carbonyl (C=O) groups is 1. The van der Waals surface area contributed by atoms with Crippen LogP contribution in [0, 0.1) is 6.92 Å². The first-order valence-electron chi connectivity index (χ1n) is 10.7. The molecule has 156 valence electrons. The average Bonchev–Trinajstić information content (AvgIpc) is 3.11. The standard InChI is InChI=1S/C27H25NO3/c1-19-26-22(17-28(18-30-26)14-8-13-20-9-4-2-5-10-20)16-23-25(29)24(31-27(19)23)15-21-11-6-3-7-12-21/h2-7,9-12,15-16H,8,13-14,17-18H2,1H3/b24-15-. The Morgan fingerprint density at radius 3 is 2.52 bits per heavy atom. The number of Topliss-reactive ketones (excluding diaryl/α,β-unsaturated/α-hetero) is 1. The number of ether oxygens (including phenoxy) is 2. The monoisotopic (exact) mass is 411 g/mol. The highest BCUT2D eigenvalue weighted by molar-refractivity contribution is 6.15. The van der Waals surface area contributed by atoms with Crippen LogP contribution in [0.15, 0.2) is 72.5 Å². The molecule has 31 heavy (non-hydrogen) atoms. The number of nitrogens with zero attached hydrogens (tertiary/aromatic N) is 1. The van der Waals surface area contributed by atoms with Crippen LogP contribution in [0.2, 0.25) is 0 Å². The third kappa shape index (κ3) is 3.99. The van der Waals surface area contributed by atoms with Gasteiger partial charge in [0.05, 0.1) is 5.56 Å². The van der Waals surface area contributed by atoms with Crippen molar-refractivity contribution < 1.29 is 14.3 Å². The quantitative estimate of drug-likeness (QED) is 0.527. The molecule has 0 fully saturated rings. The summed E-state index contributed by atoms with van der Waals surface area (Å²) >= 11 is 0. The van der Waals surface area contributed by atoms with Crippen LogP contribution in [0.3, 0.4) is 0 Å². The van der Waals surface area contributed by atoms with E-state index in [0.29, 0.717) is 23.8 Å². The van der Waals surface area contributed by atoms with Crippen molar-refractivity contribution >= 4 is 11.9 Å². The predicted molar refractivity (Wildman–Crippen MR) is 121 cm³/mol. The molecule has 0 unspecified atom stereocenters. The van der Waals surface area contributed by atoms with Crippen molar-refractivity contribution in [3.63, 3.8) is 0 Å². The van der Waals surface area contributed by atoms with Gasteiger partial charge in [0, 0.05) is 24.2 Å². The first kappa shape index (κ1) is 19.6. The Kier molecular flexibility index (Phi) is 5.31. The summed E-state index contributed by atoms with van der Waals surface area (Å²) in [6, 6.07) is 22.3.